The Labute approximate surface area is 268 Å². The van der Waals surface area contributed by atoms with Gasteiger partial charge in [0.2, 0.25) is 0 Å². The SMILES string of the molecule is O=C(O)/C=C/C(=O)O.[2H]C([2H])([2H])Oc1cc(F)c(-c2cc(Cn3cnc4c(N)ncnc43)c(N3CCC[C@](N)([C@H](O)C(F)F)C3)cn2)cc1F. The van der Waals surface area contributed by atoms with Crippen molar-refractivity contribution in [3.8, 4) is 17.0 Å². The summed E-state index contributed by atoms with van der Waals surface area (Å²) in [6.45, 7) is 0.330. The number of carbonyl (C=O) groups is 2. The van der Waals surface area contributed by atoms with Crippen LogP contribution in [0.15, 0.2) is 49.2 Å². The van der Waals surface area contributed by atoms with Gasteiger partial charge in [-0.15, -0.1) is 0 Å². The van der Waals surface area contributed by atoms with Gasteiger partial charge < -0.3 is 41.0 Å². The Balaban J connectivity index is 0.000000627. The smallest absolute Gasteiger partial charge is 0.328 e. The number of nitrogens with zero attached hydrogens (tertiary/aromatic N) is 6. The van der Waals surface area contributed by atoms with Crippen molar-refractivity contribution in [1.29, 1.82) is 0 Å². The summed E-state index contributed by atoms with van der Waals surface area (Å²) >= 11 is 0. The van der Waals surface area contributed by atoms with Crippen LogP contribution in [0.3, 0.4) is 0 Å². The number of piperidine rings is 1. The summed E-state index contributed by atoms with van der Waals surface area (Å²) in [6, 6.07) is 2.87. The number of aliphatic hydroxyl groups excluding tert-OH is 1. The molecule has 250 valence electrons. The minimum atomic E-state index is -3.05. The average Bonchev–Trinajstić information content (AvgIpc) is 3.44. The molecule has 3 aromatic heterocycles. The molecule has 2 atom stereocenters. The number of alkyl halides is 2. The monoisotopic (exact) mass is 665 g/mol. The van der Waals surface area contributed by atoms with Gasteiger partial charge >= 0.3 is 11.9 Å². The molecule has 0 bridgehead atoms. The highest BCUT2D eigenvalue weighted by Gasteiger charge is 2.43. The highest BCUT2D eigenvalue weighted by atomic mass is 19.3. The first-order valence-electron chi connectivity index (χ1n) is 15.1. The normalized spacial score (nSPS) is 18.3. The van der Waals surface area contributed by atoms with Crippen LogP contribution in [0.5, 0.6) is 5.75 Å². The summed E-state index contributed by atoms with van der Waals surface area (Å²) in [4.78, 5) is 37.5. The van der Waals surface area contributed by atoms with Gasteiger partial charge in [-0.3, -0.25) is 4.98 Å². The Morgan fingerprint density at radius 1 is 1.13 bits per heavy atom. The molecule has 1 fully saturated rings. The molecule has 0 aliphatic carbocycles. The Bertz CT molecular complexity index is 1900. The number of aliphatic hydroxyl groups is 1. The fraction of sp³-hybridized carbons (Fsp3) is 0.310. The van der Waals surface area contributed by atoms with Gasteiger partial charge in [-0.25, -0.2) is 42.1 Å². The van der Waals surface area contributed by atoms with Crippen LogP contribution in [0, 0.1) is 11.6 Å². The van der Waals surface area contributed by atoms with Gasteiger partial charge in [0.05, 0.1) is 47.1 Å². The molecule has 47 heavy (non-hydrogen) atoms. The lowest BCUT2D eigenvalue weighted by Gasteiger charge is -2.44. The number of fused-ring (bicyclic) bond motifs is 1. The molecule has 1 aliphatic heterocycles. The number of hydrogen-bond acceptors (Lipinski definition) is 11. The molecule has 0 unspecified atom stereocenters. The van der Waals surface area contributed by atoms with Gasteiger partial charge in [0, 0.05) is 36.9 Å². The third-order valence-electron chi connectivity index (χ3n) is 7.24. The van der Waals surface area contributed by atoms with Crippen LogP contribution < -0.4 is 21.1 Å². The van der Waals surface area contributed by atoms with Gasteiger partial charge in [-0.2, -0.15) is 0 Å². The lowest BCUT2D eigenvalue weighted by molar-refractivity contribution is -0.134. The van der Waals surface area contributed by atoms with E-state index in [4.69, 9.17) is 25.8 Å². The second kappa shape index (κ2) is 14.4. The van der Waals surface area contributed by atoms with Crippen molar-refractivity contribution in [3.05, 3.63) is 66.4 Å². The number of carboxylic acids is 2. The zero-order chi connectivity index (χ0) is 37.0. The van der Waals surface area contributed by atoms with Gasteiger partial charge in [0.15, 0.2) is 23.0 Å². The minimum Gasteiger partial charge on any atom is -0.494 e. The standard InChI is InChI=1S/C25H26F4N8O2.C4H4O4/c1-39-19-7-15(26)14(6-16(19)27)17-5-13(9-37-12-35-20-23(30)33-11-34-24(20)37)18(8-32-17)36-4-2-3-25(31,10-36)21(38)22(28)29;5-3(6)1-2-4(7)8/h5-8,11-12,21-22,38H,2-4,9-10,31H2,1H3,(H2,30,33,34);1-2H,(H,5,6)(H,7,8)/b;2-1+/t21-,25-;/m1./s1/i1D3;. The third kappa shape index (κ3) is 7.90. The van der Waals surface area contributed by atoms with E-state index in [0.29, 0.717) is 53.6 Å². The van der Waals surface area contributed by atoms with Crippen molar-refractivity contribution in [2.75, 3.05) is 30.8 Å². The van der Waals surface area contributed by atoms with E-state index in [2.05, 4.69) is 24.7 Å². The van der Waals surface area contributed by atoms with Gasteiger partial charge in [-0.05, 0) is 30.5 Å². The van der Waals surface area contributed by atoms with Crippen LogP contribution in [-0.2, 0) is 16.1 Å². The highest BCUT2D eigenvalue weighted by Crippen LogP contribution is 2.34. The maximum Gasteiger partial charge on any atom is 0.328 e. The number of nitrogen functional groups attached to an aromatic ring is 1. The van der Waals surface area contributed by atoms with E-state index in [1.165, 1.54) is 24.9 Å². The van der Waals surface area contributed by atoms with Crippen molar-refractivity contribution in [3.63, 3.8) is 0 Å². The number of benzene rings is 1. The molecule has 0 radical (unpaired) electrons. The Kier molecular flexibility index (Phi) is 9.27. The predicted molar refractivity (Wildman–Crippen MR) is 160 cm³/mol. The van der Waals surface area contributed by atoms with E-state index >= 15 is 4.39 Å². The first kappa shape index (κ1) is 30.3. The zero-order valence-electron chi connectivity index (χ0n) is 27.2. The third-order valence-corrected chi connectivity index (χ3v) is 7.24. The number of rotatable bonds is 9. The fourth-order valence-electron chi connectivity index (χ4n) is 5.00. The number of anilines is 2. The average molecular weight is 666 g/mol. The maximum atomic E-state index is 15.1. The molecule has 0 amide bonds. The summed E-state index contributed by atoms with van der Waals surface area (Å²) in [5, 5.41) is 25.8. The van der Waals surface area contributed by atoms with Crippen LogP contribution in [0.2, 0.25) is 0 Å². The number of methoxy groups -OCH3 is 1. The number of halogens is 4. The number of hydrogen-bond donors (Lipinski definition) is 5. The van der Waals surface area contributed by atoms with Crippen LogP contribution in [-0.4, -0.2) is 90.0 Å². The van der Waals surface area contributed by atoms with E-state index in [9.17, 15) is 27.9 Å². The van der Waals surface area contributed by atoms with E-state index in [1.54, 1.807) is 9.47 Å². The predicted octanol–water partition coefficient (Wildman–Crippen LogP) is 2.44. The second-order valence-corrected chi connectivity index (χ2v) is 10.4. The molecule has 0 spiro atoms. The van der Waals surface area contributed by atoms with Crippen molar-refractivity contribution < 1.29 is 51.3 Å². The van der Waals surface area contributed by atoms with Crippen molar-refractivity contribution in [2.24, 2.45) is 5.73 Å². The van der Waals surface area contributed by atoms with Crippen LogP contribution in [0.4, 0.5) is 29.1 Å². The van der Waals surface area contributed by atoms with E-state index in [1.807, 2.05) is 0 Å². The van der Waals surface area contributed by atoms with Crippen molar-refractivity contribution >= 4 is 34.6 Å². The van der Waals surface area contributed by atoms with Gasteiger partial charge in [0.25, 0.3) is 6.43 Å². The molecule has 1 aromatic carbocycles. The molecule has 0 saturated carbocycles. The summed E-state index contributed by atoms with van der Waals surface area (Å²) < 4.78 is 84.4. The zero-order valence-corrected chi connectivity index (χ0v) is 24.2. The molecular weight excluding hydrogens is 632 g/mol. The molecule has 4 aromatic rings. The Hall–Kier alpha value is -5.36. The topological polar surface area (TPSA) is 216 Å². The van der Waals surface area contributed by atoms with Crippen LogP contribution in [0.25, 0.3) is 22.4 Å². The molecule has 5 rings (SSSR count). The number of ether oxygens (including phenoxy) is 1. The van der Waals surface area contributed by atoms with Crippen LogP contribution >= 0.6 is 0 Å². The second-order valence-electron chi connectivity index (χ2n) is 10.4. The first-order valence-corrected chi connectivity index (χ1v) is 13.6. The summed E-state index contributed by atoms with van der Waals surface area (Å²) in [6.07, 6.45) is 0.646. The van der Waals surface area contributed by atoms with Crippen LogP contribution in [0.1, 0.15) is 22.5 Å². The number of carboxylic acid groups (broad SMARTS) is 2. The van der Waals surface area contributed by atoms with Crippen molar-refractivity contribution in [1.82, 2.24) is 24.5 Å². The molecular formula is C29H30F4N8O6. The summed E-state index contributed by atoms with van der Waals surface area (Å²) in [5.41, 5.74) is 11.9. The molecule has 14 nitrogen and oxygen atoms in total. The number of aliphatic carboxylic acids is 2. The molecule has 18 heteroatoms. The number of imidazole rings is 1. The lowest BCUT2D eigenvalue weighted by Crippen LogP contribution is -2.63. The molecule has 1 saturated heterocycles. The summed E-state index contributed by atoms with van der Waals surface area (Å²) in [5.74, 6) is -5.27. The number of nitrogens with two attached hydrogens (primary N) is 2. The number of aromatic nitrogens is 5. The Morgan fingerprint density at radius 2 is 1.85 bits per heavy atom. The quantitative estimate of drug-likeness (QED) is 0.128. The van der Waals surface area contributed by atoms with Crippen molar-refractivity contribution in [2.45, 2.75) is 37.5 Å². The highest BCUT2D eigenvalue weighted by molar-refractivity contribution is 5.89. The number of pyridine rings is 1. The van der Waals surface area contributed by atoms with Gasteiger partial charge in [-0.1, -0.05) is 0 Å². The fourth-order valence-corrected chi connectivity index (χ4v) is 5.00. The lowest BCUT2D eigenvalue weighted by atomic mass is 9.84. The Morgan fingerprint density at radius 3 is 2.51 bits per heavy atom. The van der Waals surface area contributed by atoms with E-state index in [0.717, 1.165) is 6.07 Å². The summed E-state index contributed by atoms with van der Waals surface area (Å²) in [7, 11) is -2.99. The van der Waals surface area contributed by atoms with E-state index in [-0.39, 0.29) is 36.6 Å². The first-order chi connectivity index (χ1) is 23.4. The molecule has 1 aliphatic rings. The largest absolute Gasteiger partial charge is 0.494 e. The maximum absolute atomic E-state index is 15.1. The molecule has 4 heterocycles. The minimum absolute atomic E-state index is 0.00668. The van der Waals surface area contributed by atoms with E-state index < -0.39 is 54.4 Å². The van der Waals surface area contributed by atoms with Gasteiger partial charge in [0.1, 0.15) is 23.8 Å². The molecule has 7 N–H and O–H groups in total.